The SMILES string of the molecule is CC(C)NC(=O)O[C@@H]1CC[C@H](c2cc(NC(=O)c3cnn(C4CCC(CO)CC4)c3)n(C(C)(C)C)n2)C1. The van der Waals surface area contributed by atoms with Gasteiger partial charge in [-0.3, -0.25) is 9.48 Å². The summed E-state index contributed by atoms with van der Waals surface area (Å²) in [5.74, 6) is 0.962. The van der Waals surface area contributed by atoms with Crippen molar-refractivity contribution in [1.82, 2.24) is 24.9 Å². The number of aromatic nitrogens is 4. The van der Waals surface area contributed by atoms with E-state index in [1.54, 1.807) is 6.20 Å². The van der Waals surface area contributed by atoms with Gasteiger partial charge in [0.15, 0.2) is 0 Å². The van der Waals surface area contributed by atoms with Gasteiger partial charge in [-0.1, -0.05) is 0 Å². The molecule has 3 N–H and O–H groups in total. The molecule has 2 aromatic heterocycles. The van der Waals surface area contributed by atoms with Crippen molar-refractivity contribution < 1.29 is 19.4 Å². The lowest BCUT2D eigenvalue weighted by molar-refractivity contribution is 0.0979. The van der Waals surface area contributed by atoms with Crippen LogP contribution in [0.3, 0.4) is 0 Å². The molecule has 2 saturated carbocycles. The summed E-state index contributed by atoms with van der Waals surface area (Å²) in [6, 6.07) is 2.24. The first kappa shape index (κ1) is 27.2. The van der Waals surface area contributed by atoms with E-state index in [1.165, 1.54) is 0 Å². The molecule has 0 radical (unpaired) electrons. The average Bonchev–Trinajstić information content (AvgIpc) is 3.58. The number of aliphatic hydroxyl groups is 1. The van der Waals surface area contributed by atoms with Crippen LogP contribution in [0.2, 0.25) is 0 Å². The summed E-state index contributed by atoms with van der Waals surface area (Å²) in [4.78, 5) is 25.2. The molecule has 0 saturated heterocycles. The number of aliphatic hydroxyl groups excluding tert-OH is 1. The van der Waals surface area contributed by atoms with Gasteiger partial charge >= 0.3 is 6.09 Å². The Kier molecular flexibility index (Phi) is 8.26. The molecule has 2 fully saturated rings. The Morgan fingerprint density at radius 2 is 1.89 bits per heavy atom. The maximum atomic E-state index is 13.2. The molecule has 2 aliphatic rings. The maximum absolute atomic E-state index is 13.2. The van der Waals surface area contributed by atoms with Crippen molar-refractivity contribution in [3.8, 4) is 0 Å². The molecule has 0 bridgehead atoms. The zero-order valence-corrected chi connectivity index (χ0v) is 22.7. The molecule has 37 heavy (non-hydrogen) atoms. The zero-order valence-electron chi connectivity index (χ0n) is 22.7. The van der Waals surface area contributed by atoms with Gasteiger partial charge in [0.05, 0.1) is 29.0 Å². The molecule has 2 heterocycles. The summed E-state index contributed by atoms with van der Waals surface area (Å²) < 4.78 is 9.34. The molecule has 2 atom stereocenters. The highest BCUT2D eigenvalue weighted by atomic mass is 16.6. The molecule has 2 aromatic rings. The van der Waals surface area contributed by atoms with Gasteiger partial charge in [-0.15, -0.1) is 0 Å². The van der Waals surface area contributed by atoms with Crippen molar-refractivity contribution in [3.05, 3.63) is 29.7 Å². The van der Waals surface area contributed by atoms with E-state index in [0.717, 1.165) is 44.2 Å². The first-order valence-corrected chi connectivity index (χ1v) is 13.6. The summed E-state index contributed by atoms with van der Waals surface area (Å²) in [7, 11) is 0. The monoisotopic (exact) mass is 514 g/mol. The van der Waals surface area contributed by atoms with Gasteiger partial charge in [-0.05, 0) is 85.5 Å². The quantitative estimate of drug-likeness (QED) is 0.497. The van der Waals surface area contributed by atoms with E-state index < -0.39 is 0 Å². The second kappa shape index (κ2) is 11.2. The highest BCUT2D eigenvalue weighted by molar-refractivity contribution is 6.03. The Morgan fingerprint density at radius 1 is 1.16 bits per heavy atom. The van der Waals surface area contributed by atoms with Crippen LogP contribution in [-0.2, 0) is 10.3 Å². The number of carbonyl (C=O) groups excluding carboxylic acids is 2. The van der Waals surface area contributed by atoms with E-state index in [-0.39, 0.29) is 48.3 Å². The summed E-state index contributed by atoms with van der Waals surface area (Å²) >= 11 is 0. The number of hydrogen-bond donors (Lipinski definition) is 3. The van der Waals surface area contributed by atoms with Crippen molar-refractivity contribution in [2.75, 3.05) is 11.9 Å². The van der Waals surface area contributed by atoms with Crippen LogP contribution in [0.25, 0.3) is 0 Å². The molecule has 0 aromatic carbocycles. The largest absolute Gasteiger partial charge is 0.446 e. The summed E-state index contributed by atoms with van der Waals surface area (Å²) in [6.07, 6.45) is 9.17. The number of carbonyl (C=O) groups is 2. The normalized spacial score (nSPS) is 24.3. The molecule has 4 rings (SSSR count). The topological polar surface area (TPSA) is 123 Å². The van der Waals surface area contributed by atoms with Crippen LogP contribution in [-0.4, -0.2) is 55.4 Å². The van der Waals surface area contributed by atoms with E-state index >= 15 is 0 Å². The molecule has 0 aliphatic heterocycles. The van der Waals surface area contributed by atoms with Gasteiger partial charge in [0, 0.05) is 30.8 Å². The number of rotatable bonds is 7. The number of nitrogens with zero attached hydrogens (tertiary/aromatic N) is 4. The molecule has 2 amide bonds. The molecule has 10 heteroatoms. The maximum Gasteiger partial charge on any atom is 0.407 e. The second-order valence-corrected chi connectivity index (χ2v) is 11.9. The summed E-state index contributed by atoms with van der Waals surface area (Å²) in [5.41, 5.74) is 1.08. The average molecular weight is 515 g/mol. The van der Waals surface area contributed by atoms with Crippen molar-refractivity contribution in [2.45, 2.75) is 109 Å². The van der Waals surface area contributed by atoms with Crippen LogP contribution in [0.15, 0.2) is 18.5 Å². The Morgan fingerprint density at radius 3 is 2.54 bits per heavy atom. The van der Waals surface area contributed by atoms with Crippen LogP contribution in [0.1, 0.15) is 108 Å². The van der Waals surface area contributed by atoms with Crippen molar-refractivity contribution in [1.29, 1.82) is 0 Å². The number of amides is 2. The molecular weight excluding hydrogens is 472 g/mol. The van der Waals surface area contributed by atoms with Crippen LogP contribution in [0, 0.1) is 5.92 Å². The highest BCUT2D eigenvalue weighted by Gasteiger charge is 2.32. The van der Waals surface area contributed by atoms with E-state index in [4.69, 9.17) is 9.84 Å². The molecule has 204 valence electrons. The van der Waals surface area contributed by atoms with Gasteiger partial charge in [0.2, 0.25) is 0 Å². The number of alkyl carbamates (subject to hydrolysis) is 1. The Bertz CT molecular complexity index is 1080. The Labute approximate surface area is 219 Å². The van der Waals surface area contributed by atoms with Crippen LogP contribution >= 0.6 is 0 Å². The van der Waals surface area contributed by atoms with Crippen LogP contribution in [0.5, 0.6) is 0 Å². The van der Waals surface area contributed by atoms with E-state index in [9.17, 15) is 14.7 Å². The number of nitrogens with one attached hydrogen (secondary N) is 2. The van der Waals surface area contributed by atoms with Gasteiger partial charge in [0.1, 0.15) is 11.9 Å². The lowest BCUT2D eigenvalue weighted by Gasteiger charge is -2.27. The molecule has 2 aliphatic carbocycles. The second-order valence-electron chi connectivity index (χ2n) is 11.9. The van der Waals surface area contributed by atoms with Crippen LogP contribution < -0.4 is 10.6 Å². The van der Waals surface area contributed by atoms with Gasteiger partial charge < -0.3 is 20.5 Å². The lowest BCUT2D eigenvalue weighted by atomic mass is 9.87. The minimum absolute atomic E-state index is 0.0340. The van der Waals surface area contributed by atoms with Crippen molar-refractivity contribution >= 4 is 17.8 Å². The van der Waals surface area contributed by atoms with E-state index in [1.807, 2.05) is 35.5 Å². The first-order valence-electron chi connectivity index (χ1n) is 13.6. The number of ether oxygens (including phenoxy) is 1. The Balaban J connectivity index is 1.43. The first-order chi connectivity index (χ1) is 17.5. The number of anilines is 1. The summed E-state index contributed by atoms with van der Waals surface area (Å²) in [6.45, 7) is 10.2. The molecular formula is C27H42N6O4. The minimum atomic E-state index is -0.379. The summed E-state index contributed by atoms with van der Waals surface area (Å²) in [5, 5.41) is 24.6. The van der Waals surface area contributed by atoms with Gasteiger partial charge in [-0.2, -0.15) is 10.2 Å². The third kappa shape index (κ3) is 6.71. The predicted molar refractivity (Wildman–Crippen MR) is 141 cm³/mol. The molecule has 10 nitrogen and oxygen atoms in total. The smallest absolute Gasteiger partial charge is 0.407 e. The third-order valence-electron chi connectivity index (χ3n) is 7.40. The fourth-order valence-corrected chi connectivity index (χ4v) is 5.37. The zero-order chi connectivity index (χ0) is 26.7. The van der Waals surface area contributed by atoms with Gasteiger partial charge in [-0.25, -0.2) is 9.48 Å². The number of hydrogen-bond acceptors (Lipinski definition) is 6. The van der Waals surface area contributed by atoms with E-state index in [0.29, 0.717) is 23.7 Å². The van der Waals surface area contributed by atoms with Crippen molar-refractivity contribution in [3.63, 3.8) is 0 Å². The Hall–Kier alpha value is -2.88. The minimum Gasteiger partial charge on any atom is -0.446 e. The van der Waals surface area contributed by atoms with Crippen molar-refractivity contribution in [2.24, 2.45) is 5.92 Å². The standard InChI is InChI=1S/C27H42N6O4/c1-17(2)29-26(36)37-22-11-8-19(12-22)23-13-24(33(31-23)27(3,4)5)30-25(35)20-14-28-32(15-20)21-9-6-18(16-34)7-10-21/h13-15,17-19,21-22,34H,6-12,16H2,1-5H3,(H,29,36)(H,30,35)/t18?,19-,21?,22+/m0/s1. The van der Waals surface area contributed by atoms with Gasteiger partial charge in [0.25, 0.3) is 5.91 Å². The molecule has 0 unspecified atom stereocenters. The van der Waals surface area contributed by atoms with E-state index in [2.05, 4.69) is 36.5 Å². The highest BCUT2D eigenvalue weighted by Crippen LogP contribution is 2.37. The lowest BCUT2D eigenvalue weighted by Crippen LogP contribution is -2.33. The fourth-order valence-electron chi connectivity index (χ4n) is 5.37. The third-order valence-corrected chi connectivity index (χ3v) is 7.40. The molecule has 0 spiro atoms. The van der Waals surface area contributed by atoms with Crippen LogP contribution in [0.4, 0.5) is 10.6 Å². The fraction of sp³-hybridized carbons (Fsp3) is 0.704. The predicted octanol–water partition coefficient (Wildman–Crippen LogP) is 4.58.